The van der Waals surface area contributed by atoms with Gasteiger partial charge in [0, 0.05) is 12.5 Å². The molecule has 100 valence electrons. The van der Waals surface area contributed by atoms with E-state index in [1.54, 1.807) is 0 Å². The molecular formula is C13H24INO2. The average Bonchev–Trinajstić information content (AvgIpc) is 2.18. The van der Waals surface area contributed by atoms with Crippen LogP contribution in [-0.2, 0) is 9.53 Å². The normalized spacial score (nSPS) is 24.2. The molecule has 0 aromatic carbocycles. The van der Waals surface area contributed by atoms with Crippen LogP contribution in [0.5, 0.6) is 0 Å². The molecular weight excluding hydrogens is 329 g/mol. The van der Waals surface area contributed by atoms with E-state index in [0.717, 1.165) is 25.5 Å². The van der Waals surface area contributed by atoms with Gasteiger partial charge in [0.15, 0.2) is 0 Å². The fraction of sp³-hybridized carbons (Fsp3) is 0.923. The van der Waals surface area contributed by atoms with Crippen molar-refractivity contribution in [1.82, 2.24) is 5.32 Å². The van der Waals surface area contributed by atoms with Gasteiger partial charge in [0.2, 0.25) is 5.91 Å². The monoisotopic (exact) mass is 353 g/mol. The maximum Gasteiger partial charge on any atom is 0.229 e. The summed E-state index contributed by atoms with van der Waals surface area (Å²) in [4.78, 5) is 11.0. The maximum absolute atomic E-state index is 11.0. The molecule has 2 atom stereocenters. The third-order valence-electron chi connectivity index (χ3n) is 3.22. The Bertz CT molecular complexity index is 250. The van der Waals surface area contributed by atoms with Crippen molar-refractivity contribution in [2.45, 2.75) is 46.1 Å². The summed E-state index contributed by atoms with van der Waals surface area (Å²) in [7, 11) is 0. The third kappa shape index (κ3) is 5.12. The lowest BCUT2D eigenvalue weighted by molar-refractivity contribution is -0.167. The summed E-state index contributed by atoms with van der Waals surface area (Å²) in [6.07, 6.45) is 3.91. The van der Waals surface area contributed by atoms with E-state index >= 15 is 0 Å². The molecule has 0 saturated carbocycles. The summed E-state index contributed by atoms with van der Waals surface area (Å²) in [5.41, 5.74) is 0.262. The van der Waals surface area contributed by atoms with Crippen molar-refractivity contribution in [2.24, 2.45) is 11.3 Å². The minimum atomic E-state index is 0.144. The van der Waals surface area contributed by atoms with Crippen LogP contribution in [-0.4, -0.2) is 29.6 Å². The smallest absolute Gasteiger partial charge is 0.229 e. The molecule has 0 radical (unpaired) electrons. The molecule has 1 fully saturated rings. The van der Waals surface area contributed by atoms with Crippen LogP contribution >= 0.6 is 22.6 Å². The molecule has 0 bridgehead atoms. The number of alkyl halides is 1. The van der Waals surface area contributed by atoms with Crippen molar-refractivity contribution in [2.75, 3.05) is 17.6 Å². The van der Waals surface area contributed by atoms with Crippen LogP contribution in [0.25, 0.3) is 0 Å². The summed E-state index contributed by atoms with van der Waals surface area (Å²) in [6.45, 7) is 8.46. The molecule has 3 nitrogen and oxygen atoms in total. The fourth-order valence-electron chi connectivity index (χ4n) is 2.33. The Kier molecular flexibility index (Phi) is 6.20. The highest BCUT2D eigenvalue weighted by Gasteiger charge is 2.39. The first kappa shape index (κ1) is 15.2. The highest BCUT2D eigenvalue weighted by Crippen LogP contribution is 2.37. The first-order chi connectivity index (χ1) is 7.95. The van der Waals surface area contributed by atoms with Gasteiger partial charge in [-0.1, -0.05) is 49.8 Å². The van der Waals surface area contributed by atoms with E-state index in [9.17, 15) is 4.79 Å². The van der Waals surface area contributed by atoms with Crippen molar-refractivity contribution in [3.63, 3.8) is 0 Å². The number of nitrogens with one attached hydrogen (secondary N) is 1. The number of carbonyl (C=O) groups excluding carboxylic acids is 1. The van der Waals surface area contributed by atoms with Crippen LogP contribution in [0, 0.1) is 11.3 Å². The molecule has 0 aromatic rings. The minimum absolute atomic E-state index is 0.144. The van der Waals surface area contributed by atoms with Gasteiger partial charge in [0.1, 0.15) is 0 Å². The molecule has 1 saturated heterocycles. The number of ether oxygens (including phenoxy) is 1. The largest absolute Gasteiger partial charge is 0.377 e. The Labute approximate surface area is 118 Å². The number of halogens is 1. The van der Waals surface area contributed by atoms with Gasteiger partial charge in [0.25, 0.3) is 0 Å². The second-order valence-electron chi connectivity index (χ2n) is 5.86. The quantitative estimate of drug-likeness (QED) is 0.453. The van der Waals surface area contributed by atoms with Crippen LogP contribution in [0.4, 0.5) is 0 Å². The van der Waals surface area contributed by atoms with Gasteiger partial charge in [-0.3, -0.25) is 4.79 Å². The fourth-order valence-corrected chi connectivity index (χ4v) is 2.60. The molecule has 4 heteroatoms. The van der Waals surface area contributed by atoms with E-state index < -0.39 is 0 Å². The van der Waals surface area contributed by atoms with Crippen molar-refractivity contribution >= 4 is 28.5 Å². The van der Waals surface area contributed by atoms with E-state index in [1.807, 2.05) is 0 Å². The van der Waals surface area contributed by atoms with E-state index in [-0.39, 0.29) is 11.3 Å². The second-order valence-corrected chi connectivity index (χ2v) is 6.62. The van der Waals surface area contributed by atoms with Crippen molar-refractivity contribution < 1.29 is 9.53 Å². The minimum Gasteiger partial charge on any atom is -0.377 e. The predicted molar refractivity (Wildman–Crippen MR) is 78.4 cm³/mol. The van der Waals surface area contributed by atoms with E-state index in [0.29, 0.717) is 10.5 Å². The number of hydrogen-bond donors (Lipinski definition) is 1. The maximum atomic E-state index is 11.0. The summed E-state index contributed by atoms with van der Waals surface area (Å²) in [5, 5.41) is 2.91. The number of rotatable bonds is 6. The van der Waals surface area contributed by atoms with Crippen molar-refractivity contribution in [3.05, 3.63) is 0 Å². The standard InChI is InChI=1S/C13H24INO2/c1-13(2,3)12-10(9-17-12)6-4-5-7-15-11(16)8-14/h10,12H,4-9H2,1-3H3,(H,15,16). The zero-order chi connectivity index (χ0) is 12.9. The van der Waals surface area contributed by atoms with Crippen LogP contribution in [0.1, 0.15) is 40.0 Å². The Morgan fingerprint density at radius 2 is 2.12 bits per heavy atom. The lowest BCUT2D eigenvalue weighted by Gasteiger charge is -2.45. The van der Waals surface area contributed by atoms with Crippen LogP contribution in [0.2, 0.25) is 0 Å². The molecule has 1 rings (SSSR count). The molecule has 1 amide bonds. The summed E-state index contributed by atoms with van der Waals surface area (Å²) >= 11 is 2.08. The highest BCUT2D eigenvalue weighted by molar-refractivity contribution is 14.1. The van der Waals surface area contributed by atoms with Gasteiger partial charge in [0.05, 0.1) is 17.1 Å². The van der Waals surface area contributed by atoms with Crippen LogP contribution < -0.4 is 5.32 Å². The van der Waals surface area contributed by atoms with Gasteiger partial charge in [-0.25, -0.2) is 0 Å². The van der Waals surface area contributed by atoms with Crippen LogP contribution in [0.15, 0.2) is 0 Å². The molecule has 1 aliphatic rings. The molecule has 0 aliphatic carbocycles. The van der Waals surface area contributed by atoms with E-state index in [4.69, 9.17) is 4.74 Å². The SMILES string of the molecule is CC(C)(C)C1OCC1CCCCNC(=O)CI. The molecule has 17 heavy (non-hydrogen) atoms. The molecule has 1 aliphatic heterocycles. The zero-order valence-electron chi connectivity index (χ0n) is 11.1. The number of hydrogen-bond acceptors (Lipinski definition) is 2. The molecule has 0 spiro atoms. The Hall–Kier alpha value is 0.160. The summed E-state index contributed by atoms with van der Waals surface area (Å²) in [6, 6.07) is 0. The molecule has 2 unspecified atom stereocenters. The third-order valence-corrected chi connectivity index (χ3v) is 3.91. The lowest BCUT2D eigenvalue weighted by Crippen LogP contribution is -2.48. The lowest BCUT2D eigenvalue weighted by atomic mass is 9.76. The van der Waals surface area contributed by atoms with Gasteiger partial charge in [-0.15, -0.1) is 0 Å². The first-order valence-electron chi connectivity index (χ1n) is 6.39. The van der Waals surface area contributed by atoms with E-state index in [1.165, 1.54) is 12.8 Å². The molecule has 1 heterocycles. The highest BCUT2D eigenvalue weighted by atomic mass is 127. The Morgan fingerprint density at radius 3 is 2.59 bits per heavy atom. The Balaban J connectivity index is 2.06. The first-order valence-corrected chi connectivity index (χ1v) is 7.92. The predicted octanol–water partition coefficient (Wildman–Crippen LogP) is 2.77. The van der Waals surface area contributed by atoms with Gasteiger partial charge < -0.3 is 10.1 Å². The van der Waals surface area contributed by atoms with E-state index in [2.05, 4.69) is 48.7 Å². The van der Waals surface area contributed by atoms with Crippen LogP contribution in [0.3, 0.4) is 0 Å². The van der Waals surface area contributed by atoms with Gasteiger partial charge >= 0.3 is 0 Å². The van der Waals surface area contributed by atoms with Crippen molar-refractivity contribution in [3.8, 4) is 0 Å². The number of carbonyl (C=O) groups is 1. The van der Waals surface area contributed by atoms with Crippen molar-refractivity contribution in [1.29, 1.82) is 0 Å². The topological polar surface area (TPSA) is 38.3 Å². The Morgan fingerprint density at radius 1 is 1.41 bits per heavy atom. The zero-order valence-corrected chi connectivity index (χ0v) is 13.2. The number of amides is 1. The second kappa shape index (κ2) is 6.92. The molecule has 0 aromatic heterocycles. The average molecular weight is 353 g/mol. The molecule has 1 N–H and O–H groups in total. The summed E-state index contributed by atoms with van der Waals surface area (Å²) < 4.78 is 6.21. The summed E-state index contributed by atoms with van der Waals surface area (Å²) in [5.74, 6) is 0.862. The van der Waals surface area contributed by atoms with Gasteiger partial charge in [-0.2, -0.15) is 0 Å². The number of unbranched alkanes of at least 4 members (excludes halogenated alkanes) is 1. The van der Waals surface area contributed by atoms with Gasteiger partial charge in [-0.05, 0) is 18.3 Å².